The number of hydrogen-bond acceptors (Lipinski definition) is 2. The molecule has 0 aromatic heterocycles. The van der Waals surface area contributed by atoms with Crippen molar-refractivity contribution in [2.24, 2.45) is 4.99 Å². The molecule has 0 aliphatic heterocycles. The van der Waals surface area contributed by atoms with E-state index < -0.39 is 0 Å². The van der Waals surface area contributed by atoms with Gasteiger partial charge in [-0.3, -0.25) is 9.79 Å². The van der Waals surface area contributed by atoms with E-state index in [1.807, 2.05) is 32.9 Å². The number of rotatable bonds is 5. The molecule has 1 saturated carbocycles. The van der Waals surface area contributed by atoms with E-state index in [1.165, 1.54) is 6.07 Å². The molecule has 5 nitrogen and oxygen atoms in total. The zero-order valence-corrected chi connectivity index (χ0v) is 17.6. The molecule has 3 N–H and O–H groups in total. The average Bonchev–Trinajstić information content (AvgIpc) is 3.27. The smallest absolute Gasteiger partial charge is 0.239 e. The van der Waals surface area contributed by atoms with Crippen LogP contribution < -0.4 is 16.0 Å². The lowest BCUT2D eigenvalue weighted by Gasteiger charge is -2.22. The van der Waals surface area contributed by atoms with Gasteiger partial charge in [-0.25, -0.2) is 4.39 Å². The third-order valence-corrected chi connectivity index (χ3v) is 4.05. The van der Waals surface area contributed by atoms with Gasteiger partial charge in [-0.1, -0.05) is 18.2 Å². The van der Waals surface area contributed by atoms with Crippen LogP contribution in [0.15, 0.2) is 29.3 Å². The van der Waals surface area contributed by atoms with E-state index in [9.17, 15) is 9.18 Å². The molecule has 0 unspecified atom stereocenters. The van der Waals surface area contributed by atoms with Crippen molar-refractivity contribution in [1.29, 1.82) is 0 Å². The van der Waals surface area contributed by atoms with Crippen LogP contribution in [0.3, 0.4) is 0 Å². The summed E-state index contributed by atoms with van der Waals surface area (Å²) in [5.74, 6) is 0.284. The number of halogens is 2. The Morgan fingerprint density at radius 3 is 2.40 bits per heavy atom. The molecule has 25 heavy (non-hydrogen) atoms. The van der Waals surface area contributed by atoms with Gasteiger partial charge in [-0.2, -0.15) is 0 Å². The predicted molar refractivity (Wildman–Crippen MR) is 110 cm³/mol. The number of hydrogen-bond donors (Lipinski definition) is 3. The zero-order valence-electron chi connectivity index (χ0n) is 15.3. The van der Waals surface area contributed by atoms with Crippen molar-refractivity contribution in [3.8, 4) is 0 Å². The summed E-state index contributed by atoms with van der Waals surface area (Å²) in [6.07, 6.45) is 1.89. The molecule has 0 saturated heterocycles. The maximum Gasteiger partial charge on any atom is 0.239 e. The Hall–Kier alpha value is -1.38. The summed E-state index contributed by atoms with van der Waals surface area (Å²) in [6, 6.07) is 6.91. The van der Waals surface area contributed by atoms with Gasteiger partial charge in [0, 0.05) is 24.5 Å². The molecule has 140 valence electrons. The molecular weight excluding hydrogens is 434 g/mol. The van der Waals surface area contributed by atoms with E-state index in [0.717, 1.165) is 18.4 Å². The van der Waals surface area contributed by atoms with Crippen molar-refractivity contribution in [3.05, 3.63) is 35.6 Å². The van der Waals surface area contributed by atoms with Crippen LogP contribution in [0.5, 0.6) is 0 Å². The number of carbonyl (C=O) groups excluding carboxylic acids is 1. The molecule has 1 aromatic carbocycles. The minimum Gasteiger partial charge on any atom is -0.356 e. The van der Waals surface area contributed by atoms with Crippen molar-refractivity contribution in [2.45, 2.75) is 44.6 Å². The van der Waals surface area contributed by atoms with Crippen LogP contribution in [0.25, 0.3) is 0 Å². The second-order valence-corrected chi connectivity index (χ2v) is 7.34. The fourth-order valence-electron chi connectivity index (χ4n) is 2.68. The van der Waals surface area contributed by atoms with Crippen LogP contribution in [-0.2, 0) is 10.2 Å². The largest absolute Gasteiger partial charge is 0.356 e. The molecule has 1 fully saturated rings. The van der Waals surface area contributed by atoms with Crippen LogP contribution >= 0.6 is 24.0 Å². The summed E-state index contributed by atoms with van der Waals surface area (Å²) in [4.78, 5) is 16.0. The first-order valence-corrected chi connectivity index (χ1v) is 8.26. The van der Waals surface area contributed by atoms with Gasteiger partial charge in [0.2, 0.25) is 5.91 Å². The molecule has 0 heterocycles. The molecule has 2 rings (SSSR count). The van der Waals surface area contributed by atoms with Gasteiger partial charge < -0.3 is 16.0 Å². The van der Waals surface area contributed by atoms with E-state index in [1.54, 1.807) is 13.1 Å². The number of aliphatic imine (C=N–C) groups is 1. The Kier molecular flexibility index (Phi) is 7.64. The van der Waals surface area contributed by atoms with Gasteiger partial charge in [0.25, 0.3) is 0 Å². The highest BCUT2D eigenvalue weighted by Gasteiger charge is 2.45. The Morgan fingerprint density at radius 1 is 1.24 bits per heavy atom. The van der Waals surface area contributed by atoms with Crippen molar-refractivity contribution in [3.63, 3.8) is 0 Å². The molecule has 7 heteroatoms. The second kappa shape index (κ2) is 8.82. The van der Waals surface area contributed by atoms with Crippen molar-refractivity contribution in [2.75, 3.05) is 20.1 Å². The molecular formula is C18H28FIN4O. The summed E-state index contributed by atoms with van der Waals surface area (Å²) < 4.78 is 14.0. The van der Waals surface area contributed by atoms with Gasteiger partial charge in [0.05, 0.1) is 6.54 Å². The van der Waals surface area contributed by atoms with Crippen molar-refractivity contribution < 1.29 is 9.18 Å². The number of nitrogens with one attached hydrogen (secondary N) is 3. The van der Waals surface area contributed by atoms with Crippen LogP contribution in [0.2, 0.25) is 0 Å². The van der Waals surface area contributed by atoms with E-state index in [0.29, 0.717) is 12.5 Å². The van der Waals surface area contributed by atoms with Crippen molar-refractivity contribution in [1.82, 2.24) is 16.0 Å². The van der Waals surface area contributed by atoms with Crippen LogP contribution in [0, 0.1) is 5.82 Å². The third-order valence-electron chi connectivity index (χ3n) is 4.05. The SMILES string of the molecule is CN=C(NCC(=O)NC(C)(C)C)NCC1(c2ccccc2F)CC1.I. The van der Waals surface area contributed by atoms with Crippen LogP contribution in [-0.4, -0.2) is 37.5 Å². The van der Waals surface area contributed by atoms with E-state index in [4.69, 9.17) is 0 Å². The lowest BCUT2D eigenvalue weighted by atomic mass is 9.95. The number of amides is 1. The average molecular weight is 462 g/mol. The first-order chi connectivity index (χ1) is 11.3. The molecule has 0 spiro atoms. The molecule has 1 aliphatic rings. The fourth-order valence-corrected chi connectivity index (χ4v) is 2.68. The summed E-state index contributed by atoms with van der Waals surface area (Å²) in [5.41, 5.74) is 0.313. The normalized spacial score (nSPS) is 15.8. The van der Waals surface area contributed by atoms with Gasteiger partial charge in [0.15, 0.2) is 5.96 Å². The quantitative estimate of drug-likeness (QED) is 0.358. The lowest BCUT2D eigenvalue weighted by Crippen LogP contribution is -2.49. The molecule has 0 bridgehead atoms. The molecule has 0 atom stereocenters. The first kappa shape index (κ1) is 21.7. The standard InChI is InChI=1S/C18H27FN4O.HI/c1-17(2,3)23-15(24)11-21-16(20-4)22-12-18(9-10-18)13-7-5-6-8-14(13)19;/h5-8H,9-12H2,1-4H3,(H,23,24)(H2,20,21,22);1H. The summed E-state index contributed by atoms with van der Waals surface area (Å²) in [5, 5.41) is 9.08. The van der Waals surface area contributed by atoms with Crippen LogP contribution in [0.1, 0.15) is 39.2 Å². The van der Waals surface area contributed by atoms with E-state index in [2.05, 4.69) is 20.9 Å². The Labute approximate surface area is 166 Å². The Balaban J connectivity index is 0.00000312. The van der Waals surface area contributed by atoms with Gasteiger partial charge in [0.1, 0.15) is 5.82 Å². The number of benzene rings is 1. The monoisotopic (exact) mass is 462 g/mol. The third kappa shape index (κ3) is 6.45. The topological polar surface area (TPSA) is 65.5 Å². The second-order valence-electron chi connectivity index (χ2n) is 7.34. The van der Waals surface area contributed by atoms with Crippen LogP contribution in [0.4, 0.5) is 4.39 Å². The minimum absolute atomic E-state index is 0. The Morgan fingerprint density at radius 2 is 1.88 bits per heavy atom. The zero-order chi connectivity index (χ0) is 17.8. The van der Waals surface area contributed by atoms with E-state index >= 15 is 0 Å². The van der Waals surface area contributed by atoms with E-state index in [-0.39, 0.29) is 53.2 Å². The molecule has 1 amide bonds. The number of nitrogens with zero attached hydrogens (tertiary/aromatic N) is 1. The summed E-state index contributed by atoms with van der Waals surface area (Å²) >= 11 is 0. The van der Waals surface area contributed by atoms with Gasteiger partial charge >= 0.3 is 0 Å². The van der Waals surface area contributed by atoms with Crippen molar-refractivity contribution >= 4 is 35.8 Å². The predicted octanol–water partition coefficient (Wildman–Crippen LogP) is 2.56. The first-order valence-electron chi connectivity index (χ1n) is 8.26. The number of carbonyl (C=O) groups is 1. The lowest BCUT2D eigenvalue weighted by molar-refractivity contribution is -0.121. The summed E-state index contributed by atoms with van der Waals surface area (Å²) in [6.45, 7) is 6.54. The highest BCUT2D eigenvalue weighted by Crippen LogP contribution is 2.48. The number of guanidine groups is 1. The van der Waals surface area contributed by atoms with Gasteiger partial charge in [-0.05, 0) is 45.2 Å². The molecule has 0 radical (unpaired) electrons. The van der Waals surface area contributed by atoms with Gasteiger partial charge in [-0.15, -0.1) is 24.0 Å². The maximum atomic E-state index is 14.0. The summed E-state index contributed by atoms with van der Waals surface area (Å²) in [7, 11) is 1.65. The Bertz CT molecular complexity index is 624. The molecule has 1 aliphatic carbocycles. The highest BCUT2D eigenvalue weighted by molar-refractivity contribution is 14.0. The maximum absolute atomic E-state index is 14.0. The fraction of sp³-hybridized carbons (Fsp3) is 0.556. The highest BCUT2D eigenvalue weighted by atomic mass is 127. The molecule has 1 aromatic rings. The minimum atomic E-state index is -0.265.